The molecule has 1 fully saturated rings. The van der Waals surface area contributed by atoms with Crippen molar-refractivity contribution in [3.63, 3.8) is 0 Å². The summed E-state index contributed by atoms with van der Waals surface area (Å²) in [6.45, 7) is 0. The monoisotopic (exact) mass is 284 g/mol. The molecule has 0 spiro atoms. The van der Waals surface area contributed by atoms with Gasteiger partial charge in [-0.2, -0.15) is 0 Å². The predicted molar refractivity (Wildman–Crippen MR) is 77.8 cm³/mol. The molecular weight excluding hydrogens is 268 g/mol. The summed E-state index contributed by atoms with van der Waals surface area (Å²) in [5.74, 6) is -1.23. The van der Waals surface area contributed by atoms with Crippen LogP contribution in [-0.4, -0.2) is 26.2 Å². The lowest BCUT2D eigenvalue weighted by Crippen LogP contribution is -2.30. The number of hydrogen-bond acceptors (Lipinski definition) is 4. The summed E-state index contributed by atoms with van der Waals surface area (Å²) in [6.07, 6.45) is 0.431. The minimum Gasteiger partial charge on any atom is -0.468 e. The van der Waals surface area contributed by atoms with Gasteiger partial charge in [0.15, 0.2) is 5.41 Å². The fraction of sp³-hybridized carbons (Fsp3) is 0.294. The average Bonchev–Trinajstić information content (AvgIpc) is 3.29. The van der Waals surface area contributed by atoms with E-state index >= 15 is 0 Å². The van der Waals surface area contributed by atoms with Crippen LogP contribution in [0.1, 0.15) is 17.9 Å². The molecule has 1 saturated carbocycles. The molecule has 4 nitrogen and oxygen atoms in total. The minimum atomic E-state index is -1.19. The number of benzene rings is 2. The molecule has 21 heavy (non-hydrogen) atoms. The third kappa shape index (κ3) is 1.90. The first-order chi connectivity index (χ1) is 10.1. The molecule has 2 aromatic carbocycles. The Balaban J connectivity index is 2.09. The molecule has 0 aromatic heterocycles. The van der Waals surface area contributed by atoms with E-state index in [4.69, 9.17) is 9.47 Å². The maximum absolute atomic E-state index is 12.1. The zero-order valence-corrected chi connectivity index (χ0v) is 12.0. The first-order valence-electron chi connectivity index (χ1n) is 6.79. The normalized spacial score (nSPS) is 19.0. The third-order valence-electron chi connectivity index (χ3n) is 4.26. The standard InChI is InChI=1S/C17H16O4/c1-20-15(18)17(16(19)21-2)10-14(17)13-9-5-7-11-6-3-4-8-12(11)13/h3-9,14H,10H2,1-2H3. The van der Waals surface area contributed by atoms with Crippen molar-refractivity contribution >= 4 is 22.7 Å². The number of hydrogen-bond donors (Lipinski definition) is 0. The fourth-order valence-corrected chi connectivity index (χ4v) is 3.09. The Morgan fingerprint density at radius 2 is 1.62 bits per heavy atom. The summed E-state index contributed by atoms with van der Waals surface area (Å²) < 4.78 is 9.65. The molecular formula is C17H16O4. The number of carbonyl (C=O) groups excluding carboxylic acids is 2. The van der Waals surface area contributed by atoms with Crippen LogP contribution >= 0.6 is 0 Å². The predicted octanol–water partition coefficient (Wildman–Crippen LogP) is 2.66. The van der Waals surface area contributed by atoms with Crippen molar-refractivity contribution in [3.05, 3.63) is 48.0 Å². The molecule has 3 rings (SSSR count). The average molecular weight is 284 g/mol. The summed E-state index contributed by atoms with van der Waals surface area (Å²) >= 11 is 0. The van der Waals surface area contributed by atoms with Crippen LogP contribution in [0.4, 0.5) is 0 Å². The molecule has 1 atom stereocenters. The highest BCUT2D eigenvalue weighted by Crippen LogP contribution is 2.61. The van der Waals surface area contributed by atoms with Gasteiger partial charge in [0.2, 0.25) is 0 Å². The van der Waals surface area contributed by atoms with Gasteiger partial charge in [0.25, 0.3) is 0 Å². The van der Waals surface area contributed by atoms with E-state index in [1.165, 1.54) is 14.2 Å². The summed E-state index contributed by atoms with van der Waals surface area (Å²) in [7, 11) is 2.59. The number of methoxy groups -OCH3 is 2. The smallest absolute Gasteiger partial charge is 0.323 e. The first-order valence-corrected chi connectivity index (χ1v) is 6.79. The number of esters is 2. The van der Waals surface area contributed by atoms with Gasteiger partial charge in [0.05, 0.1) is 14.2 Å². The van der Waals surface area contributed by atoms with Crippen molar-refractivity contribution in [1.82, 2.24) is 0 Å². The van der Waals surface area contributed by atoms with Gasteiger partial charge in [-0.1, -0.05) is 42.5 Å². The maximum Gasteiger partial charge on any atom is 0.323 e. The van der Waals surface area contributed by atoms with E-state index in [0.29, 0.717) is 6.42 Å². The van der Waals surface area contributed by atoms with E-state index < -0.39 is 17.4 Å². The lowest BCUT2D eigenvalue weighted by atomic mass is 9.95. The van der Waals surface area contributed by atoms with Gasteiger partial charge >= 0.3 is 11.9 Å². The summed E-state index contributed by atoms with van der Waals surface area (Å²) in [6, 6.07) is 13.8. The second-order valence-corrected chi connectivity index (χ2v) is 5.28. The molecule has 0 aliphatic heterocycles. The highest BCUT2D eigenvalue weighted by atomic mass is 16.5. The van der Waals surface area contributed by atoms with Crippen molar-refractivity contribution in [3.8, 4) is 0 Å². The molecule has 108 valence electrons. The lowest BCUT2D eigenvalue weighted by Gasteiger charge is -2.13. The second-order valence-electron chi connectivity index (χ2n) is 5.28. The van der Waals surface area contributed by atoms with Crippen LogP contribution in [0.5, 0.6) is 0 Å². The van der Waals surface area contributed by atoms with Gasteiger partial charge in [0, 0.05) is 5.92 Å². The largest absolute Gasteiger partial charge is 0.468 e. The van der Waals surface area contributed by atoms with E-state index in [-0.39, 0.29) is 5.92 Å². The van der Waals surface area contributed by atoms with Gasteiger partial charge in [-0.15, -0.1) is 0 Å². The fourth-order valence-electron chi connectivity index (χ4n) is 3.09. The van der Waals surface area contributed by atoms with Gasteiger partial charge in [-0.3, -0.25) is 9.59 Å². The Kier molecular flexibility index (Phi) is 3.16. The third-order valence-corrected chi connectivity index (χ3v) is 4.26. The van der Waals surface area contributed by atoms with E-state index in [1.54, 1.807) is 0 Å². The highest BCUT2D eigenvalue weighted by Gasteiger charge is 2.68. The van der Waals surface area contributed by atoms with E-state index in [0.717, 1.165) is 16.3 Å². The van der Waals surface area contributed by atoms with Gasteiger partial charge in [0.1, 0.15) is 0 Å². The van der Waals surface area contributed by atoms with Crippen LogP contribution in [0.3, 0.4) is 0 Å². The Morgan fingerprint density at radius 3 is 2.29 bits per heavy atom. The van der Waals surface area contributed by atoms with E-state index in [2.05, 4.69) is 0 Å². The molecule has 4 heteroatoms. The molecule has 0 saturated heterocycles. The Morgan fingerprint density at radius 1 is 1.00 bits per heavy atom. The highest BCUT2D eigenvalue weighted by molar-refractivity contribution is 6.06. The zero-order chi connectivity index (χ0) is 15.0. The number of ether oxygens (including phenoxy) is 2. The van der Waals surface area contributed by atoms with Crippen molar-refractivity contribution < 1.29 is 19.1 Å². The Bertz CT molecular complexity index is 698. The quantitative estimate of drug-likeness (QED) is 0.642. The van der Waals surface area contributed by atoms with Crippen LogP contribution < -0.4 is 0 Å². The SMILES string of the molecule is COC(=O)C1(C(=O)OC)CC1c1cccc2ccccc12. The van der Waals surface area contributed by atoms with Crippen LogP contribution in [0.15, 0.2) is 42.5 Å². The number of carbonyl (C=O) groups is 2. The summed E-state index contributed by atoms with van der Waals surface area (Å²) in [4.78, 5) is 24.2. The van der Waals surface area contributed by atoms with Gasteiger partial charge in [-0.25, -0.2) is 0 Å². The van der Waals surface area contributed by atoms with E-state index in [9.17, 15) is 9.59 Å². The molecule has 0 heterocycles. The first kappa shape index (κ1) is 13.6. The number of rotatable bonds is 3. The molecule has 0 radical (unpaired) electrons. The van der Waals surface area contributed by atoms with Crippen LogP contribution in [0, 0.1) is 5.41 Å². The van der Waals surface area contributed by atoms with Crippen LogP contribution in [0.25, 0.3) is 10.8 Å². The Hall–Kier alpha value is -2.36. The van der Waals surface area contributed by atoms with E-state index in [1.807, 2.05) is 42.5 Å². The maximum atomic E-state index is 12.1. The molecule has 1 unspecified atom stereocenters. The zero-order valence-electron chi connectivity index (χ0n) is 12.0. The number of fused-ring (bicyclic) bond motifs is 1. The van der Waals surface area contributed by atoms with Crippen molar-refractivity contribution in [2.24, 2.45) is 5.41 Å². The minimum absolute atomic E-state index is 0.191. The summed E-state index contributed by atoms with van der Waals surface area (Å²) in [5, 5.41) is 2.14. The molecule has 0 N–H and O–H groups in total. The van der Waals surface area contributed by atoms with Gasteiger partial charge < -0.3 is 9.47 Å². The van der Waals surface area contributed by atoms with Crippen molar-refractivity contribution in [1.29, 1.82) is 0 Å². The molecule has 1 aliphatic rings. The van der Waals surface area contributed by atoms with Gasteiger partial charge in [-0.05, 0) is 22.8 Å². The topological polar surface area (TPSA) is 52.6 Å². The van der Waals surface area contributed by atoms with Crippen molar-refractivity contribution in [2.75, 3.05) is 14.2 Å². The van der Waals surface area contributed by atoms with Crippen molar-refractivity contribution in [2.45, 2.75) is 12.3 Å². The molecule has 1 aliphatic carbocycles. The second kappa shape index (κ2) is 4.88. The summed E-state index contributed by atoms with van der Waals surface area (Å²) in [5.41, 5.74) is -0.197. The molecule has 2 aromatic rings. The van der Waals surface area contributed by atoms with Crippen LogP contribution in [-0.2, 0) is 19.1 Å². The Labute approximate surface area is 122 Å². The molecule has 0 bridgehead atoms. The lowest BCUT2D eigenvalue weighted by molar-refractivity contribution is -0.161. The van der Waals surface area contributed by atoms with Crippen LogP contribution in [0.2, 0.25) is 0 Å². The molecule has 0 amide bonds.